The number of carbonyl (C=O) groups is 2. The Bertz CT molecular complexity index is 1070. The first-order chi connectivity index (χ1) is 13.4. The Morgan fingerprint density at radius 1 is 1.21 bits per heavy atom. The van der Waals surface area contributed by atoms with Gasteiger partial charge in [0, 0.05) is 18.1 Å². The number of nitriles is 1. The average molecular weight is 377 g/mol. The van der Waals surface area contributed by atoms with E-state index in [9.17, 15) is 14.9 Å². The standard InChI is InChI=1S/C21H19N3O4/c1-13-6-7-17(14(2)10-13)23-18(25)12-27-21(26)19-15(3)28-20(16(19)11-22)24-8-4-5-9-24/h4-10H,12H2,1-3H3,(H,23,25). The molecule has 1 amide bonds. The number of hydrogen-bond acceptors (Lipinski definition) is 5. The summed E-state index contributed by atoms with van der Waals surface area (Å²) >= 11 is 0. The molecule has 0 spiro atoms. The summed E-state index contributed by atoms with van der Waals surface area (Å²) in [7, 11) is 0. The molecule has 0 atom stereocenters. The van der Waals surface area contributed by atoms with Crippen LogP contribution in [0.4, 0.5) is 5.69 Å². The molecule has 0 aliphatic carbocycles. The zero-order valence-electron chi connectivity index (χ0n) is 15.8. The lowest BCUT2D eigenvalue weighted by Crippen LogP contribution is -2.21. The molecule has 2 aromatic heterocycles. The van der Waals surface area contributed by atoms with Crippen molar-refractivity contribution in [3.05, 3.63) is 70.7 Å². The van der Waals surface area contributed by atoms with Crippen molar-refractivity contribution >= 4 is 17.6 Å². The van der Waals surface area contributed by atoms with E-state index in [1.807, 2.05) is 32.0 Å². The number of ether oxygens (including phenoxy) is 1. The molecule has 0 aliphatic heterocycles. The maximum absolute atomic E-state index is 12.5. The highest BCUT2D eigenvalue weighted by molar-refractivity contribution is 5.98. The predicted molar refractivity (Wildman–Crippen MR) is 102 cm³/mol. The molecule has 28 heavy (non-hydrogen) atoms. The van der Waals surface area contributed by atoms with Gasteiger partial charge in [-0.15, -0.1) is 0 Å². The van der Waals surface area contributed by atoms with Crippen molar-refractivity contribution in [2.24, 2.45) is 0 Å². The van der Waals surface area contributed by atoms with Crippen molar-refractivity contribution in [1.29, 1.82) is 5.26 Å². The van der Waals surface area contributed by atoms with Crippen molar-refractivity contribution in [2.75, 3.05) is 11.9 Å². The molecular weight excluding hydrogens is 358 g/mol. The van der Waals surface area contributed by atoms with E-state index in [2.05, 4.69) is 5.32 Å². The van der Waals surface area contributed by atoms with E-state index >= 15 is 0 Å². The third kappa shape index (κ3) is 3.81. The van der Waals surface area contributed by atoms with Crippen molar-refractivity contribution in [1.82, 2.24) is 4.57 Å². The molecule has 1 aromatic carbocycles. The average Bonchev–Trinajstić information content (AvgIpc) is 3.29. The summed E-state index contributed by atoms with van der Waals surface area (Å²) in [5.41, 5.74) is 2.73. The smallest absolute Gasteiger partial charge is 0.343 e. The van der Waals surface area contributed by atoms with Gasteiger partial charge in [-0.1, -0.05) is 17.7 Å². The number of aromatic nitrogens is 1. The summed E-state index contributed by atoms with van der Waals surface area (Å²) in [4.78, 5) is 24.6. The zero-order chi connectivity index (χ0) is 20.3. The van der Waals surface area contributed by atoms with Crippen LogP contribution in [0.3, 0.4) is 0 Å². The Balaban J connectivity index is 1.71. The Hall–Kier alpha value is -3.79. The van der Waals surface area contributed by atoms with Crippen molar-refractivity contribution < 1.29 is 18.7 Å². The Labute approximate surface area is 162 Å². The normalized spacial score (nSPS) is 10.4. The van der Waals surface area contributed by atoms with Crippen molar-refractivity contribution in [3.8, 4) is 12.0 Å². The summed E-state index contributed by atoms with van der Waals surface area (Å²) in [5.74, 6) is -0.769. The molecule has 2 heterocycles. The predicted octanol–water partition coefficient (Wildman–Crippen LogP) is 3.66. The Morgan fingerprint density at radius 2 is 1.93 bits per heavy atom. The highest BCUT2D eigenvalue weighted by Gasteiger charge is 2.26. The Morgan fingerprint density at radius 3 is 2.57 bits per heavy atom. The molecule has 3 aromatic rings. The number of carbonyl (C=O) groups excluding carboxylic acids is 2. The zero-order valence-corrected chi connectivity index (χ0v) is 15.8. The van der Waals surface area contributed by atoms with Crippen LogP contribution in [0.1, 0.15) is 32.8 Å². The van der Waals surface area contributed by atoms with Crippen LogP contribution in [-0.2, 0) is 9.53 Å². The molecule has 3 rings (SSSR count). The van der Waals surface area contributed by atoms with Crippen LogP contribution in [0.5, 0.6) is 0 Å². The number of amides is 1. The molecule has 7 heteroatoms. The molecule has 1 N–H and O–H groups in total. The number of benzene rings is 1. The number of aryl methyl sites for hydroxylation is 3. The summed E-state index contributed by atoms with van der Waals surface area (Å²) in [5, 5.41) is 12.2. The molecule has 0 unspecified atom stereocenters. The lowest BCUT2D eigenvalue weighted by atomic mass is 10.1. The first-order valence-corrected chi connectivity index (χ1v) is 8.61. The van der Waals surface area contributed by atoms with E-state index in [0.29, 0.717) is 5.69 Å². The van der Waals surface area contributed by atoms with Crippen LogP contribution in [0.25, 0.3) is 5.88 Å². The summed E-state index contributed by atoms with van der Waals surface area (Å²) in [6.07, 6.45) is 3.40. The number of nitrogens with one attached hydrogen (secondary N) is 1. The number of hydrogen-bond donors (Lipinski definition) is 1. The maximum Gasteiger partial charge on any atom is 0.343 e. The van der Waals surface area contributed by atoms with E-state index in [4.69, 9.17) is 9.15 Å². The van der Waals surface area contributed by atoms with Crippen molar-refractivity contribution in [3.63, 3.8) is 0 Å². The number of esters is 1. The Kier molecular flexibility index (Phi) is 5.32. The van der Waals surface area contributed by atoms with E-state index in [0.717, 1.165) is 11.1 Å². The van der Waals surface area contributed by atoms with Gasteiger partial charge in [-0.05, 0) is 44.5 Å². The minimum absolute atomic E-state index is 0.0190. The van der Waals surface area contributed by atoms with Gasteiger partial charge < -0.3 is 14.5 Å². The van der Waals surface area contributed by atoms with Gasteiger partial charge in [-0.3, -0.25) is 9.36 Å². The van der Waals surface area contributed by atoms with Crippen LogP contribution in [0.15, 0.2) is 47.1 Å². The second-order valence-corrected chi connectivity index (χ2v) is 6.36. The van der Waals surface area contributed by atoms with Crippen LogP contribution < -0.4 is 5.32 Å². The molecule has 0 bridgehead atoms. The summed E-state index contributed by atoms with van der Waals surface area (Å²) < 4.78 is 12.3. The highest BCUT2D eigenvalue weighted by atomic mass is 16.5. The van der Waals surface area contributed by atoms with Crippen LogP contribution in [0, 0.1) is 32.1 Å². The minimum Gasteiger partial charge on any atom is -0.452 e. The molecule has 142 valence electrons. The first kappa shape index (κ1) is 19.0. The van der Waals surface area contributed by atoms with Gasteiger partial charge in [0.15, 0.2) is 6.61 Å². The maximum atomic E-state index is 12.5. The van der Waals surface area contributed by atoms with Gasteiger partial charge >= 0.3 is 5.97 Å². The molecule has 0 radical (unpaired) electrons. The second kappa shape index (κ2) is 7.84. The van der Waals surface area contributed by atoms with E-state index in [1.54, 1.807) is 42.1 Å². The van der Waals surface area contributed by atoms with E-state index in [1.165, 1.54) is 0 Å². The SMILES string of the molecule is Cc1ccc(NC(=O)COC(=O)c2c(C)oc(-n3cccc3)c2C#N)c(C)c1. The molecule has 0 saturated heterocycles. The van der Waals surface area contributed by atoms with Crippen LogP contribution in [0.2, 0.25) is 0 Å². The summed E-state index contributed by atoms with van der Waals surface area (Å²) in [6.45, 7) is 4.94. The number of furan rings is 1. The molecule has 0 fully saturated rings. The molecule has 7 nitrogen and oxygen atoms in total. The van der Waals surface area contributed by atoms with Crippen molar-refractivity contribution in [2.45, 2.75) is 20.8 Å². The fourth-order valence-electron chi connectivity index (χ4n) is 2.87. The van der Waals surface area contributed by atoms with Gasteiger partial charge in [0.25, 0.3) is 5.91 Å². The van der Waals surface area contributed by atoms with Gasteiger partial charge in [0.1, 0.15) is 23.0 Å². The van der Waals surface area contributed by atoms with Gasteiger partial charge in [0.05, 0.1) is 0 Å². The number of nitrogens with zero attached hydrogens (tertiary/aromatic N) is 2. The third-order valence-electron chi connectivity index (χ3n) is 4.21. The number of rotatable bonds is 5. The van der Waals surface area contributed by atoms with Gasteiger partial charge in [-0.25, -0.2) is 4.79 Å². The van der Waals surface area contributed by atoms with Crippen LogP contribution >= 0.6 is 0 Å². The molecule has 0 saturated carbocycles. The third-order valence-corrected chi connectivity index (χ3v) is 4.21. The highest BCUT2D eigenvalue weighted by Crippen LogP contribution is 2.26. The summed E-state index contributed by atoms with van der Waals surface area (Å²) in [6, 6.07) is 11.1. The largest absolute Gasteiger partial charge is 0.452 e. The quantitative estimate of drug-likeness (QED) is 0.684. The topological polar surface area (TPSA) is 97.3 Å². The van der Waals surface area contributed by atoms with E-state index in [-0.39, 0.29) is 22.8 Å². The molecular formula is C21H19N3O4. The lowest BCUT2D eigenvalue weighted by Gasteiger charge is -2.09. The van der Waals surface area contributed by atoms with E-state index < -0.39 is 18.5 Å². The van der Waals surface area contributed by atoms with Crippen LogP contribution in [-0.4, -0.2) is 23.1 Å². The molecule has 0 aliphatic rings. The van der Waals surface area contributed by atoms with Gasteiger partial charge in [0.2, 0.25) is 5.88 Å². The monoisotopic (exact) mass is 377 g/mol. The number of anilines is 1. The minimum atomic E-state index is -0.785. The second-order valence-electron chi connectivity index (χ2n) is 6.36. The lowest BCUT2D eigenvalue weighted by molar-refractivity contribution is -0.119. The van der Waals surface area contributed by atoms with Gasteiger partial charge in [-0.2, -0.15) is 5.26 Å². The first-order valence-electron chi connectivity index (χ1n) is 8.61. The fourth-order valence-corrected chi connectivity index (χ4v) is 2.87. The fraction of sp³-hybridized carbons (Fsp3) is 0.190.